The van der Waals surface area contributed by atoms with E-state index in [9.17, 15) is 5.11 Å². The van der Waals surface area contributed by atoms with Gasteiger partial charge in [-0.3, -0.25) is 4.68 Å². The minimum Gasteiger partial charge on any atom is -0.387 e. The average Bonchev–Trinajstić information content (AvgIpc) is 2.60. The number of rotatable bonds is 3. The molecule has 0 radical (unpaired) electrons. The average molecular weight is 243 g/mol. The van der Waals surface area contributed by atoms with E-state index in [2.05, 4.69) is 5.10 Å². The van der Waals surface area contributed by atoms with Gasteiger partial charge in [0.05, 0.1) is 23.0 Å². The Labute approximate surface area is 101 Å². The van der Waals surface area contributed by atoms with E-state index in [1.165, 1.54) is 32.1 Å². The molecule has 1 unspecified atom stereocenters. The smallest absolute Gasteiger partial charge is 0.0974 e. The lowest BCUT2D eigenvalue weighted by Crippen LogP contribution is -2.13. The van der Waals surface area contributed by atoms with E-state index in [0.717, 1.165) is 12.1 Å². The number of aromatic nitrogens is 2. The molecular weight excluding hydrogens is 224 g/mol. The molecule has 1 heterocycles. The van der Waals surface area contributed by atoms with Crippen LogP contribution < -0.4 is 0 Å². The molecule has 0 aliphatic heterocycles. The fourth-order valence-corrected chi connectivity index (χ4v) is 2.94. The fourth-order valence-electron chi connectivity index (χ4n) is 2.65. The van der Waals surface area contributed by atoms with Gasteiger partial charge in [0.1, 0.15) is 0 Å². The Bertz CT molecular complexity index is 325. The minimum absolute atomic E-state index is 0.469. The van der Waals surface area contributed by atoms with E-state index in [1.54, 1.807) is 10.9 Å². The summed E-state index contributed by atoms with van der Waals surface area (Å²) >= 11 is 6.01. The van der Waals surface area contributed by atoms with Gasteiger partial charge in [-0.25, -0.2) is 0 Å². The highest BCUT2D eigenvalue weighted by Gasteiger charge is 2.22. The van der Waals surface area contributed by atoms with E-state index >= 15 is 0 Å². The molecule has 0 spiro atoms. The Morgan fingerprint density at radius 2 is 2.19 bits per heavy atom. The topological polar surface area (TPSA) is 38.0 Å². The molecule has 1 aromatic rings. The Kier molecular flexibility index (Phi) is 3.87. The van der Waals surface area contributed by atoms with Gasteiger partial charge in [0.15, 0.2) is 0 Å². The summed E-state index contributed by atoms with van der Waals surface area (Å²) in [4.78, 5) is 0. The fraction of sp³-hybridized carbons (Fsp3) is 0.750. The van der Waals surface area contributed by atoms with E-state index in [-0.39, 0.29) is 0 Å². The maximum atomic E-state index is 10.2. The quantitative estimate of drug-likeness (QED) is 0.885. The van der Waals surface area contributed by atoms with Crippen LogP contribution in [0.1, 0.15) is 50.3 Å². The van der Waals surface area contributed by atoms with Crippen LogP contribution in [0.4, 0.5) is 0 Å². The number of halogens is 1. The van der Waals surface area contributed by atoms with Crippen LogP contribution >= 0.6 is 11.6 Å². The maximum absolute atomic E-state index is 10.2. The molecule has 1 fully saturated rings. The van der Waals surface area contributed by atoms with Crippen LogP contribution in [-0.4, -0.2) is 14.9 Å². The zero-order valence-corrected chi connectivity index (χ0v) is 10.5. The zero-order valence-electron chi connectivity index (χ0n) is 9.69. The number of aryl methyl sites for hydroxylation is 1. The van der Waals surface area contributed by atoms with E-state index in [0.29, 0.717) is 10.9 Å². The Morgan fingerprint density at radius 1 is 1.50 bits per heavy atom. The summed E-state index contributed by atoms with van der Waals surface area (Å²) in [6, 6.07) is 0. The molecule has 90 valence electrons. The molecule has 0 saturated heterocycles. The Balaban J connectivity index is 1.99. The number of hydrogen-bond donors (Lipinski definition) is 1. The van der Waals surface area contributed by atoms with Gasteiger partial charge in [0.25, 0.3) is 0 Å². The molecule has 0 bridgehead atoms. The largest absolute Gasteiger partial charge is 0.387 e. The summed E-state index contributed by atoms with van der Waals surface area (Å²) in [6.07, 6.45) is 8.38. The lowest BCUT2D eigenvalue weighted by Gasteiger charge is -2.24. The van der Waals surface area contributed by atoms with Crippen molar-refractivity contribution in [3.63, 3.8) is 0 Å². The zero-order chi connectivity index (χ0) is 11.5. The third-order valence-corrected chi connectivity index (χ3v) is 3.83. The first kappa shape index (κ1) is 11.9. The Hall–Kier alpha value is -0.540. The van der Waals surface area contributed by atoms with Crippen LogP contribution in [0.5, 0.6) is 0 Å². The molecule has 4 heteroatoms. The SMILES string of the molecule is Cn1ncc(Cl)c1C(O)CC1CCCCC1. The molecule has 0 amide bonds. The summed E-state index contributed by atoms with van der Waals surface area (Å²) in [5.74, 6) is 0.648. The lowest BCUT2D eigenvalue weighted by atomic mass is 9.85. The first-order valence-electron chi connectivity index (χ1n) is 6.04. The number of aliphatic hydroxyl groups excluding tert-OH is 1. The van der Waals surface area contributed by atoms with Crippen molar-refractivity contribution in [2.45, 2.75) is 44.6 Å². The molecule has 1 saturated carbocycles. The molecule has 1 aliphatic rings. The van der Waals surface area contributed by atoms with Crippen LogP contribution in [0.3, 0.4) is 0 Å². The van der Waals surface area contributed by atoms with Crippen LogP contribution in [0.25, 0.3) is 0 Å². The molecule has 1 atom stereocenters. The van der Waals surface area contributed by atoms with Gasteiger partial charge in [-0.05, 0) is 12.3 Å². The molecule has 16 heavy (non-hydrogen) atoms. The third kappa shape index (κ3) is 2.58. The molecule has 0 aromatic carbocycles. The number of nitrogens with zero attached hydrogens (tertiary/aromatic N) is 2. The predicted octanol–water partition coefficient (Wildman–Crippen LogP) is 3.08. The minimum atomic E-state index is -0.469. The van der Waals surface area contributed by atoms with Crippen LogP contribution in [0.15, 0.2) is 6.20 Å². The lowest BCUT2D eigenvalue weighted by molar-refractivity contribution is 0.123. The second kappa shape index (κ2) is 5.19. The summed E-state index contributed by atoms with van der Waals surface area (Å²) in [5.41, 5.74) is 0.757. The van der Waals surface area contributed by atoms with Gasteiger partial charge in [0.2, 0.25) is 0 Å². The molecule has 3 nitrogen and oxygen atoms in total. The van der Waals surface area contributed by atoms with Gasteiger partial charge >= 0.3 is 0 Å². The highest BCUT2D eigenvalue weighted by Crippen LogP contribution is 2.33. The summed E-state index contributed by atoms with van der Waals surface area (Å²) in [5, 5.41) is 14.8. The standard InChI is InChI=1S/C12H19ClN2O/c1-15-12(10(13)8-14-15)11(16)7-9-5-3-2-4-6-9/h8-9,11,16H,2-7H2,1H3. The first-order chi connectivity index (χ1) is 7.68. The van der Waals surface area contributed by atoms with Crippen molar-refractivity contribution < 1.29 is 5.11 Å². The van der Waals surface area contributed by atoms with Crippen LogP contribution in [-0.2, 0) is 7.05 Å². The highest BCUT2D eigenvalue weighted by molar-refractivity contribution is 6.31. The van der Waals surface area contributed by atoms with E-state index in [4.69, 9.17) is 11.6 Å². The molecule has 1 aromatic heterocycles. The third-order valence-electron chi connectivity index (χ3n) is 3.53. The summed E-state index contributed by atoms with van der Waals surface area (Å²) in [7, 11) is 1.82. The summed E-state index contributed by atoms with van der Waals surface area (Å²) in [6.45, 7) is 0. The van der Waals surface area contributed by atoms with Crippen molar-refractivity contribution in [1.29, 1.82) is 0 Å². The van der Waals surface area contributed by atoms with Crippen LogP contribution in [0.2, 0.25) is 5.02 Å². The van der Waals surface area contributed by atoms with Gasteiger partial charge in [0, 0.05) is 7.05 Å². The first-order valence-corrected chi connectivity index (χ1v) is 6.41. The van der Waals surface area contributed by atoms with Crippen LogP contribution in [0, 0.1) is 5.92 Å². The second-order valence-electron chi connectivity index (χ2n) is 4.76. The van der Waals surface area contributed by atoms with E-state index < -0.39 is 6.10 Å². The highest BCUT2D eigenvalue weighted by atomic mass is 35.5. The molecule has 1 N–H and O–H groups in total. The van der Waals surface area contributed by atoms with Gasteiger partial charge in [-0.15, -0.1) is 0 Å². The normalized spacial score (nSPS) is 19.9. The van der Waals surface area contributed by atoms with Gasteiger partial charge in [-0.2, -0.15) is 5.10 Å². The maximum Gasteiger partial charge on any atom is 0.0974 e. The van der Waals surface area contributed by atoms with E-state index in [1.807, 2.05) is 7.05 Å². The summed E-state index contributed by atoms with van der Waals surface area (Å²) < 4.78 is 1.68. The van der Waals surface area contributed by atoms with Crippen molar-refractivity contribution in [2.75, 3.05) is 0 Å². The second-order valence-corrected chi connectivity index (χ2v) is 5.16. The van der Waals surface area contributed by atoms with Crippen molar-refractivity contribution in [1.82, 2.24) is 9.78 Å². The predicted molar refractivity (Wildman–Crippen MR) is 64.4 cm³/mol. The van der Waals surface area contributed by atoms with Gasteiger partial charge in [-0.1, -0.05) is 43.7 Å². The number of aliphatic hydroxyl groups is 1. The molecule has 2 rings (SSSR count). The monoisotopic (exact) mass is 242 g/mol. The van der Waals surface area contributed by atoms with Crippen molar-refractivity contribution in [3.05, 3.63) is 16.9 Å². The van der Waals surface area contributed by atoms with Crippen molar-refractivity contribution in [3.8, 4) is 0 Å². The molecular formula is C12H19ClN2O. The van der Waals surface area contributed by atoms with Gasteiger partial charge < -0.3 is 5.11 Å². The van der Waals surface area contributed by atoms with Crippen molar-refractivity contribution in [2.24, 2.45) is 13.0 Å². The number of hydrogen-bond acceptors (Lipinski definition) is 2. The molecule has 1 aliphatic carbocycles. The van der Waals surface area contributed by atoms with Crippen molar-refractivity contribution >= 4 is 11.6 Å². The Morgan fingerprint density at radius 3 is 2.75 bits per heavy atom.